The highest BCUT2D eigenvalue weighted by atomic mass is 16.2. The predicted molar refractivity (Wildman–Crippen MR) is 115 cm³/mol. The number of aromatic nitrogens is 4. The molecule has 2 aromatic carbocycles. The van der Waals surface area contributed by atoms with Crippen LogP contribution in [0.5, 0.6) is 0 Å². The third-order valence-corrected chi connectivity index (χ3v) is 5.82. The Hall–Kier alpha value is -3.48. The average molecular weight is 400 g/mol. The van der Waals surface area contributed by atoms with Crippen LogP contribution in [0.3, 0.4) is 0 Å². The highest BCUT2D eigenvalue weighted by Crippen LogP contribution is 2.35. The van der Waals surface area contributed by atoms with Crippen molar-refractivity contribution in [2.24, 2.45) is 0 Å². The number of carbonyl (C=O) groups excluding carboxylic acids is 1. The molecule has 30 heavy (non-hydrogen) atoms. The lowest BCUT2D eigenvalue weighted by atomic mass is 10.0. The number of fused-ring (bicyclic) bond motifs is 1. The second-order valence-corrected chi connectivity index (χ2v) is 7.83. The van der Waals surface area contributed by atoms with Gasteiger partial charge in [-0.3, -0.25) is 9.69 Å². The summed E-state index contributed by atoms with van der Waals surface area (Å²) in [6, 6.07) is 20.4. The third-order valence-electron chi connectivity index (χ3n) is 5.82. The Labute approximate surface area is 175 Å². The maximum atomic E-state index is 12.9. The SMILES string of the molecule is O=C(CN1C(c2ccccc2)=C[C@H](c2ccccc2)n2nnnc21)NC1CCCC1. The summed E-state index contributed by atoms with van der Waals surface area (Å²) in [4.78, 5) is 14.8. The number of carbonyl (C=O) groups is 1. The van der Waals surface area contributed by atoms with Crippen molar-refractivity contribution in [1.29, 1.82) is 0 Å². The molecule has 2 aliphatic rings. The molecule has 1 N–H and O–H groups in total. The Morgan fingerprint density at radius 2 is 1.70 bits per heavy atom. The van der Waals surface area contributed by atoms with E-state index in [0.717, 1.165) is 29.7 Å². The molecular weight excluding hydrogens is 376 g/mol. The first-order chi connectivity index (χ1) is 14.8. The quantitative estimate of drug-likeness (QED) is 0.712. The van der Waals surface area contributed by atoms with Crippen molar-refractivity contribution in [2.75, 3.05) is 11.4 Å². The molecule has 5 rings (SSSR count). The number of rotatable bonds is 5. The van der Waals surface area contributed by atoms with Gasteiger partial charge in [-0.1, -0.05) is 78.6 Å². The van der Waals surface area contributed by atoms with E-state index in [1.54, 1.807) is 4.68 Å². The van der Waals surface area contributed by atoms with Crippen LogP contribution in [0, 0.1) is 0 Å². The van der Waals surface area contributed by atoms with Gasteiger partial charge in [0.25, 0.3) is 5.95 Å². The zero-order chi connectivity index (χ0) is 20.3. The van der Waals surface area contributed by atoms with Gasteiger partial charge in [0, 0.05) is 6.04 Å². The van der Waals surface area contributed by atoms with Gasteiger partial charge in [0.2, 0.25) is 5.91 Å². The van der Waals surface area contributed by atoms with Crippen molar-refractivity contribution in [2.45, 2.75) is 37.8 Å². The monoisotopic (exact) mass is 400 g/mol. The van der Waals surface area contributed by atoms with E-state index < -0.39 is 0 Å². The first kappa shape index (κ1) is 18.5. The van der Waals surface area contributed by atoms with Crippen molar-refractivity contribution >= 4 is 17.6 Å². The van der Waals surface area contributed by atoms with Crippen LogP contribution in [-0.2, 0) is 4.79 Å². The lowest BCUT2D eigenvalue weighted by Crippen LogP contribution is -2.42. The van der Waals surface area contributed by atoms with Crippen LogP contribution in [0.4, 0.5) is 5.95 Å². The van der Waals surface area contributed by atoms with Gasteiger partial charge < -0.3 is 5.32 Å². The molecule has 1 aliphatic heterocycles. The van der Waals surface area contributed by atoms with Gasteiger partial charge in [0.15, 0.2) is 0 Å². The zero-order valence-electron chi connectivity index (χ0n) is 16.7. The molecule has 0 unspecified atom stereocenters. The van der Waals surface area contributed by atoms with E-state index in [9.17, 15) is 4.79 Å². The van der Waals surface area contributed by atoms with Crippen molar-refractivity contribution in [3.8, 4) is 0 Å². The van der Waals surface area contributed by atoms with Gasteiger partial charge in [-0.2, -0.15) is 4.68 Å². The summed E-state index contributed by atoms with van der Waals surface area (Å²) < 4.78 is 1.78. The highest BCUT2D eigenvalue weighted by molar-refractivity contribution is 5.89. The molecule has 0 bridgehead atoms. The molecule has 1 aromatic heterocycles. The maximum Gasteiger partial charge on any atom is 0.251 e. The van der Waals surface area contributed by atoms with Gasteiger partial charge in [-0.05, 0) is 40.5 Å². The molecule has 7 heteroatoms. The average Bonchev–Trinajstić information content (AvgIpc) is 3.47. The van der Waals surface area contributed by atoms with Gasteiger partial charge in [-0.15, -0.1) is 0 Å². The van der Waals surface area contributed by atoms with Crippen LogP contribution in [0.25, 0.3) is 5.70 Å². The minimum atomic E-state index is -0.138. The fraction of sp³-hybridized carbons (Fsp3) is 0.304. The minimum absolute atomic E-state index is 0.00329. The van der Waals surface area contributed by atoms with Gasteiger partial charge in [-0.25, -0.2) is 0 Å². The summed E-state index contributed by atoms with van der Waals surface area (Å²) >= 11 is 0. The molecule has 2 heterocycles. The number of benzene rings is 2. The molecule has 3 aromatic rings. The predicted octanol–water partition coefficient (Wildman–Crippen LogP) is 3.18. The maximum absolute atomic E-state index is 12.9. The van der Waals surface area contributed by atoms with Crippen LogP contribution in [0.2, 0.25) is 0 Å². The Kier molecular flexibility index (Phi) is 5.01. The fourth-order valence-corrected chi connectivity index (χ4v) is 4.36. The molecule has 152 valence electrons. The van der Waals surface area contributed by atoms with E-state index in [1.165, 1.54) is 12.8 Å². The Bertz CT molecular complexity index is 1040. The largest absolute Gasteiger partial charge is 0.352 e. The summed E-state index contributed by atoms with van der Waals surface area (Å²) in [5.74, 6) is 0.572. The van der Waals surface area contributed by atoms with Gasteiger partial charge in [0.1, 0.15) is 12.6 Å². The van der Waals surface area contributed by atoms with Crippen molar-refractivity contribution < 1.29 is 4.79 Å². The van der Waals surface area contributed by atoms with Gasteiger partial charge in [0.05, 0.1) is 5.70 Å². The van der Waals surface area contributed by atoms with Crippen LogP contribution in [0.15, 0.2) is 66.7 Å². The third kappa shape index (κ3) is 3.58. The van der Waals surface area contributed by atoms with E-state index in [-0.39, 0.29) is 24.5 Å². The van der Waals surface area contributed by atoms with E-state index in [0.29, 0.717) is 5.95 Å². The van der Waals surface area contributed by atoms with Crippen molar-refractivity contribution in [3.63, 3.8) is 0 Å². The molecule has 1 fully saturated rings. The Morgan fingerprint density at radius 3 is 2.43 bits per heavy atom. The first-order valence-electron chi connectivity index (χ1n) is 10.5. The minimum Gasteiger partial charge on any atom is -0.352 e. The molecule has 1 aliphatic carbocycles. The summed E-state index contributed by atoms with van der Waals surface area (Å²) in [6.07, 6.45) is 6.61. The molecule has 0 spiro atoms. The van der Waals surface area contributed by atoms with E-state index in [2.05, 4.69) is 51.2 Å². The molecule has 1 atom stereocenters. The lowest BCUT2D eigenvalue weighted by Gasteiger charge is -2.32. The number of anilines is 1. The number of amides is 1. The van der Waals surface area contributed by atoms with E-state index >= 15 is 0 Å². The normalized spacial score (nSPS) is 18.7. The van der Waals surface area contributed by atoms with Crippen molar-refractivity contribution in [3.05, 3.63) is 77.9 Å². The summed E-state index contributed by atoms with van der Waals surface area (Å²) in [5, 5.41) is 15.6. The van der Waals surface area contributed by atoms with E-state index in [1.807, 2.05) is 41.3 Å². The Balaban J connectivity index is 1.52. The molecular formula is C23H24N6O. The topological polar surface area (TPSA) is 75.9 Å². The molecule has 0 saturated heterocycles. The molecule has 1 saturated carbocycles. The van der Waals surface area contributed by atoms with Crippen LogP contribution < -0.4 is 10.2 Å². The van der Waals surface area contributed by atoms with Crippen molar-refractivity contribution in [1.82, 2.24) is 25.5 Å². The highest BCUT2D eigenvalue weighted by Gasteiger charge is 2.32. The smallest absolute Gasteiger partial charge is 0.251 e. The summed E-state index contributed by atoms with van der Waals surface area (Å²) in [7, 11) is 0. The number of hydrogen-bond acceptors (Lipinski definition) is 5. The van der Waals surface area contributed by atoms with Crippen LogP contribution in [-0.4, -0.2) is 38.7 Å². The molecule has 1 amide bonds. The second-order valence-electron chi connectivity index (χ2n) is 7.83. The number of allylic oxidation sites excluding steroid dienone is 1. The standard InChI is InChI=1S/C23H24N6O/c30-22(24-19-13-7-8-14-19)16-28-20(17-9-3-1-4-10-17)15-21(18-11-5-2-6-12-18)29-23(28)25-26-27-29/h1-6,9-12,15,19,21H,7-8,13-14,16H2,(H,24,30)/t21-/m1/s1. The lowest BCUT2D eigenvalue weighted by molar-refractivity contribution is -0.120. The number of nitrogens with one attached hydrogen (secondary N) is 1. The first-order valence-corrected chi connectivity index (χ1v) is 10.5. The second kappa shape index (κ2) is 8.10. The Morgan fingerprint density at radius 1 is 1.00 bits per heavy atom. The summed E-state index contributed by atoms with van der Waals surface area (Å²) in [5.41, 5.74) is 3.06. The van der Waals surface area contributed by atoms with Crippen LogP contribution in [0.1, 0.15) is 42.9 Å². The van der Waals surface area contributed by atoms with Gasteiger partial charge >= 0.3 is 0 Å². The molecule has 0 radical (unpaired) electrons. The number of hydrogen-bond donors (Lipinski definition) is 1. The van der Waals surface area contributed by atoms with E-state index in [4.69, 9.17) is 0 Å². The molecule has 7 nitrogen and oxygen atoms in total. The fourth-order valence-electron chi connectivity index (χ4n) is 4.36. The summed E-state index contributed by atoms with van der Waals surface area (Å²) in [6.45, 7) is 0.180. The number of tetrazole rings is 1. The van der Waals surface area contributed by atoms with Crippen LogP contribution >= 0.6 is 0 Å². The number of nitrogens with zero attached hydrogens (tertiary/aromatic N) is 5. The zero-order valence-corrected chi connectivity index (χ0v) is 16.7.